The van der Waals surface area contributed by atoms with Gasteiger partial charge in [0.1, 0.15) is 0 Å². The van der Waals surface area contributed by atoms with Crippen molar-refractivity contribution in [2.24, 2.45) is 5.92 Å². The van der Waals surface area contributed by atoms with E-state index >= 15 is 0 Å². The fraction of sp³-hybridized carbons (Fsp3) is 0.267. The molecule has 0 aliphatic rings. The second-order valence-corrected chi connectivity index (χ2v) is 4.50. The van der Waals surface area contributed by atoms with E-state index in [1.807, 2.05) is 36.4 Å². The molecule has 2 aromatic rings. The van der Waals surface area contributed by atoms with Crippen LogP contribution in [0.25, 0.3) is 10.8 Å². The van der Waals surface area contributed by atoms with Gasteiger partial charge in [0.15, 0.2) is 0 Å². The predicted octanol–water partition coefficient (Wildman–Crippen LogP) is 2.82. The SMILES string of the molecule is CNC(c1ccc2ccccc2c1)C(C)C(=O)O. The number of nitrogens with one attached hydrogen (secondary N) is 1. The molecule has 3 heteroatoms. The minimum absolute atomic E-state index is 0.174. The van der Waals surface area contributed by atoms with Crippen LogP contribution in [0.15, 0.2) is 42.5 Å². The number of hydrogen-bond acceptors (Lipinski definition) is 2. The largest absolute Gasteiger partial charge is 0.481 e. The molecule has 2 atom stereocenters. The Bertz CT molecular complexity index is 565. The molecule has 0 radical (unpaired) electrons. The Kier molecular flexibility index (Phi) is 3.63. The first-order chi connectivity index (χ1) is 8.63. The second kappa shape index (κ2) is 5.19. The highest BCUT2D eigenvalue weighted by molar-refractivity contribution is 5.83. The summed E-state index contributed by atoms with van der Waals surface area (Å²) < 4.78 is 0. The van der Waals surface area contributed by atoms with E-state index in [1.165, 1.54) is 5.39 Å². The molecule has 0 saturated carbocycles. The van der Waals surface area contributed by atoms with Crippen molar-refractivity contribution in [3.8, 4) is 0 Å². The zero-order valence-corrected chi connectivity index (χ0v) is 10.6. The predicted molar refractivity (Wildman–Crippen MR) is 72.5 cm³/mol. The highest BCUT2D eigenvalue weighted by atomic mass is 16.4. The van der Waals surface area contributed by atoms with Crippen molar-refractivity contribution in [3.05, 3.63) is 48.0 Å². The molecule has 0 aliphatic carbocycles. The van der Waals surface area contributed by atoms with Crippen molar-refractivity contribution < 1.29 is 9.90 Å². The van der Waals surface area contributed by atoms with Gasteiger partial charge in [0.2, 0.25) is 0 Å². The first-order valence-electron chi connectivity index (χ1n) is 6.02. The maximum absolute atomic E-state index is 11.1. The van der Waals surface area contributed by atoms with Crippen molar-refractivity contribution in [2.75, 3.05) is 7.05 Å². The van der Waals surface area contributed by atoms with Crippen LogP contribution in [0.3, 0.4) is 0 Å². The van der Waals surface area contributed by atoms with Gasteiger partial charge in [-0.05, 0) is 29.4 Å². The molecule has 0 fully saturated rings. The molecular weight excluding hydrogens is 226 g/mol. The highest BCUT2D eigenvalue weighted by Gasteiger charge is 2.23. The molecule has 94 valence electrons. The minimum Gasteiger partial charge on any atom is -0.481 e. The summed E-state index contributed by atoms with van der Waals surface area (Å²) in [4.78, 5) is 11.1. The second-order valence-electron chi connectivity index (χ2n) is 4.50. The first-order valence-corrected chi connectivity index (χ1v) is 6.02. The van der Waals surface area contributed by atoms with Crippen LogP contribution >= 0.6 is 0 Å². The maximum Gasteiger partial charge on any atom is 0.308 e. The molecule has 0 aromatic heterocycles. The van der Waals surface area contributed by atoms with E-state index in [0.29, 0.717) is 0 Å². The summed E-state index contributed by atoms with van der Waals surface area (Å²) in [5, 5.41) is 14.5. The number of carbonyl (C=O) groups is 1. The average molecular weight is 243 g/mol. The van der Waals surface area contributed by atoms with Crippen molar-refractivity contribution in [3.63, 3.8) is 0 Å². The van der Waals surface area contributed by atoms with E-state index in [0.717, 1.165) is 10.9 Å². The lowest BCUT2D eigenvalue weighted by atomic mass is 9.93. The van der Waals surface area contributed by atoms with Crippen LogP contribution in [0.1, 0.15) is 18.5 Å². The van der Waals surface area contributed by atoms with Gasteiger partial charge in [0.05, 0.1) is 5.92 Å². The van der Waals surface area contributed by atoms with Gasteiger partial charge >= 0.3 is 5.97 Å². The Morgan fingerprint density at radius 1 is 1.17 bits per heavy atom. The summed E-state index contributed by atoms with van der Waals surface area (Å²) in [5.74, 6) is -1.25. The van der Waals surface area contributed by atoms with Crippen molar-refractivity contribution in [1.29, 1.82) is 0 Å². The number of benzene rings is 2. The van der Waals surface area contributed by atoms with Crippen LogP contribution in [0.4, 0.5) is 0 Å². The average Bonchev–Trinajstić information content (AvgIpc) is 2.39. The standard InChI is InChI=1S/C15H17NO2/c1-10(15(17)18)14(16-2)13-8-7-11-5-3-4-6-12(11)9-13/h3-10,14,16H,1-2H3,(H,17,18). The Balaban J connectivity index is 2.42. The molecule has 0 amide bonds. The zero-order chi connectivity index (χ0) is 13.1. The monoisotopic (exact) mass is 243 g/mol. The molecule has 18 heavy (non-hydrogen) atoms. The van der Waals surface area contributed by atoms with E-state index in [1.54, 1.807) is 14.0 Å². The van der Waals surface area contributed by atoms with Crippen LogP contribution in [0.5, 0.6) is 0 Å². The topological polar surface area (TPSA) is 49.3 Å². The number of carboxylic acid groups (broad SMARTS) is 1. The molecule has 0 bridgehead atoms. The highest BCUT2D eigenvalue weighted by Crippen LogP contribution is 2.25. The third-order valence-corrected chi connectivity index (χ3v) is 3.33. The number of rotatable bonds is 4. The number of hydrogen-bond donors (Lipinski definition) is 2. The van der Waals surface area contributed by atoms with Crippen molar-refractivity contribution in [2.45, 2.75) is 13.0 Å². The molecule has 0 saturated heterocycles. The van der Waals surface area contributed by atoms with Gasteiger partial charge in [-0.3, -0.25) is 4.79 Å². The fourth-order valence-corrected chi connectivity index (χ4v) is 2.25. The van der Waals surface area contributed by atoms with Crippen molar-refractivity contribution >= 4 is 16.7 Å². The van der Waals surface area contributed by atoms with E-state index in [2.05, 4.69) is 11.4 Å². The third kappa shape index (κ3) is 2.36. The molecule has 0 spiro atoms. The summed E-state index contributed by atoms with van der Waals surface area (Å²) >= 11 is 0. The Morgan fingerprint density at radius 2 is 1.83 bits per heavy atom. The van der Waals surface area contributed by atoms with Crippen LogP contribution < -0.4 is 5.32 Å². The first kappa shape index (κ1) is 12.6. The molecule has 2 aromatic carbocycles. The van der Waals surface area contributed by atoms with Gasteiger partial charge in [-0.25, -0.2) is 0 Å². The van der Waals surface area contributed by atoms with Gasteiger partial charge in [-0.1, -0.05) is 43.3 Å². The third-order valence-electron chi connectivity index (χ3n) is 3.33. The van der Waals surface area contributed by atoms with E-state index < -0.39 is 11.9 Å². The number of aliphatic carboxylic acids is 1. The minimum atomic E-state index is -0.789. The quantitative estimate of drug-likeness (QED) is 0.868. The van der Waals surface area contributed by atoms with Crippen LogP contribution in [0.2, 0.25) is 0 Å². The van der Waals surface area contributed by atoms with Gasteiger partial charge in [-0.15, -0.1) is 0 Å². The van der Waals surface area contributed by atoms with Gasteiger partial charge in [-0.2, -0.15) is 0 Å². The molecule has 2 N–H and O–H groups in total. The maximum atomic E-state index is 11.1. The lowest BCUT2D eigenvalue weighted by Crippen LogP contribution is -2.28. The molecule has 3 nitrogen and oxygen atoms in total. The summed E-state index contributed by atoms with van der Waals surface area (Å²) in [6, 6.07) is 14.0. The summed E-state index contributed by atoms with van der Waals surface area (Å²) in [7, 11) is 1.79. The number of carboxylic acids is 1. The van der Waals surface area contributed by atoms with E-state index in [-0.39, 0.29) is 6.04 Å². The summed E-state index contributed by atoms with van der Waals surface area (Å²) in [6.45, 7) is 1.72. The van der Waals surface area contributed by atoms with E-state index in [4.69, 9.17) is 5.11 Å². The van der Waals surface area contributed by atoms with Crippen LogP contribution in [-0.2, 0) is 4.79 Å². The molecular formula is C15H17NO2. The normalized spacial score (nSPS) is 14.3. The Morgan fingerprint density at radius 3 is 2.44 bits per heavy atom. The number of fused-ring (bicyclic) bond motifs is 1. The Labute approximate surface area is 106 Å². The van der Waals surface area contributed by atoms with Crippen molar-refractivity contribution in [1.82, 2.24) is 5.32 Å². The molecule has 0 heterocycles. The van der Waals surface area contributed by atoms with Crippen LogP contribution in [0, 0.1) is 5.92 Å². The summed E-state index contributed by atoms with van der Waals surface area (Å²) in [6.07, 6.45) is 0. The lowest BCUT2D eigenvalue weighted by Gasteiger charge is -2.21. The lowest BCUT2D eigenvalue weighted by molar-refractivity contribution is -0.142. The smallest absolute Gasteiger partial charge is 0.308 e. The molecule has 2 unspecified atom stereocenters. The van der Waals surface area contributed by atoms with Gasteiger partial charge < -0.3 is 10.4 Å². The zero-order valence-electron chi connectivity index (χ0n) is 10.6. The van der Waals surface area contributed by atoms with Gasteiger partial charge in [0, 0.05) is 6.04 Å². The molecule has 0 aliphatic heterocycles. The molecule has 2 rings (SSSR count). The Hall–Kier alpha value is -1.87. The van der Waals surface area contributed by atoms with Gasteiger partial charge in [0.25, 0.3) is 0 Å². The summed E-state index contributed by atoms with van der Waals surface area (Å²) in [5.41, 5.74) is 1.01. The fourth-order valence-electron chi connectivity index (χ4n) is 2.25. The van der Waals surface area contributed by atoms with Crippen LogP contribution in [-0.4, -0.2) is 18.1 Å². The van der Waals surface area contributed by atoms with E-state index in [9.17, 15) is 4.79 Å².